The van der Waals surface area contributed by atoms with Crippen LogP contribution in [0.25, 0.3) is 5.69 Å². The van der Waals surface area contributed by atoms with Gasteiger partial charge in [-0.1, -0.05) is 6.07 Å². The summed E-state index contributed by atoms with van der Waals surface area (Å²) in [5, 5.41) is 4.36. The molecule has 3 heterocycles. The first-order valence-electron chi connectivity index (χ1n) is 8.59. The molecule has 27 heavy (non-hydrogen) atoms. The summed E-state index contributed by atoms with van der Waals surface area (Å²) < 4.78 is 16.8. The molecule has 0 spiro atoms. The Morgan fingerprint density at radius 2 is 1.89 bits per heavy atom. The fourth-order valence-corrected chi connectivity index (χ4v) is 2.86. The third kappa shape index (κ3) is 4.03. The Kier molecular flexibility index (Phi) is 4.65. The molecule has 136 valence electrons. The van der Waals surface area contributed by atoms with Crippen LogP contribution >= 0.6 is 0 Å². The average Bonchev–Trinajstić information content (AvgIpc) is 3.35. The summed E-state index contributed by atoms with van der Waals surface area (Å²) >= 11 is 0. The molecule has 3 aromatic heterocycles. The molecule has 4 rings (SSSR count). The zero-order valence-electron chi connectivity index (χ0n) is 14.9. The number of anilines is 1. The lowest BCUT2D eigenvalue weighted by Crippen LogP contribution is -2.17. The maximum atomic E-state index is 13.1. The van der Waals surface area contributed by atoms with Gasteiger partial charge >= 0.3 is 0 Å². The summed E-state index contributed by atoms with van der Waals surface area (Å²) in [4.78, 5) is 10.7. The summed E-state index contributed by atoms with van der Waals surface area (Å²) in [6.45, 7) is 1.43. The fourth-order valence-electron chi connectivity index (χ4n) is 2.86. The van der Waals surface area contributed by atoms with Crippen molar-refractivity contribution < 1.29 is 4.39 Å². The Bertz CT molecular complexity index is 990. The highest BCUT2D eigenvalue weighted by atomic mass is 19.1. The highest BCUT2D eigenvalue weighted by Crippen LogP contribution is 2.15. The lowest BCUT2D eigenvalue weighted by Gasteiger charge is -2.17. The van der Waals surface area contributed by atoms with Crippen LogP contribution in [0.5, 0.6) is 0 Å². The maximum Gasteiger partial charge on any atom is 0.128 e. The van der Waals surface area contributed by atoms with Crippen LogP contribution in [0.4, 0.5) is 10.2 Å². The van der Waals surface area contributed by atoms with Gasteiger partial charge in [-0.25, -0.2) is 19.0 Å². The monoisotopic (exact) mass is 362 g/mol. The predicted molar refractivity (Wildman–Crippen MR) is 101 cm³/mol. The van der Waals surface area contributed by atoms with E-state index in [9.17, 15) is 4.39 Å². The van der Waals surface area contributed by atoms with Crippen LogP contribution in [0.3, 0.4) is 0 Å². The van der Waals surface area contributed by atoms with Crippen LogP contribution in [0.15, 0.2) is 73.7 Å². The summed E-state index contributed by atoms with van der Waals surface area (Å²) in [5.74, 6) is 0.632. The molecule has 0 saturated heterocycles. The van der Waals surface area contributed by atoms with Crippen molar-refractivity contribution in [3.05, 3.63) is 90.7 Å². The number of rotatable bonds is 6. The number of halogens is 1. The Labute approximate surface area is 156 Å². The molecule has 1 aromatic carbocycles. The van der Waals surface area contributed by atoms with E-state index in [2.05, 4.69) is 26.0 Å². The van der Waals surface area contributed by atoms with Crippen molar-refractivity contribution in [1.82, 2.24) is 24.3 Å². The molecular formula is C20H19FN6. The van der Waals surface area contributed by atoms with Gasteiger partial charge in [-0.05, 0) is 35.9 Å². The zero-order chi connectivity index (χ0) is 18.6. The number of hydrogen-bond acceptors (Lipinski definition) is 4. The average molecular weight is 362 g/mol. The Morgan fingerprint density at radius 1 is 1.04 bits per heavy atom. The molecule has 0 saturated carbocycles. The molecule has 0 radical (unpaired) electrons. The first-order chi connectivity index (χ1) is 13.2. The van der Waals surface area contributed by atoms with E-state index in [0.29, 0.717) is 6.54 Å². The molecule has 0 aliphatic rings. The van der Waals surface area contributed by atoms with Gasteiger partial charge in [0.15, 0.2) is 0 Å². The van der Waals surface area contributed by atoms with Crippen molar-refractivity contribution >= 4 is 5.82 Å². The van der Waals surface area contributed by atoms with Gasteiger partial charge in [0, 0.05) is 50.5 Å². The number of pyridine rings is 1. The van der Waals surface area contributed by atoms with E-state index < -0.39 is 0 Å². The van der Waals surface area contributed by atoms with E-state index in [0.717, 1.165) is 29.2 Å². The molecule has 0 unspecified atom stereocenters. The molecule has 0 atom stereocenters. The summed E-state index contributed by atoms with van der Waals surface area (Å²) in [6.07, 6.45) is 11.1. The van der Waals surface area contributed by atoms with Gasteiger partial charge in [0.1, 0.15) is 11.6 Å². The second-order valence-electron chi connectivity index (χ2n) is 6.39. The number of imidazole rings is 1. The van der Waals surface area contributed by atoms with Gasteiger partial charge in [-0.15, -0.1) is 0 Å². The largest absolute Gasteiger partial charge is 0.355 e. The van der Waals surface area contributed by atoms with E-state index in [4.69, 9.17) is 0 Å². The number of aromatic nitrogens is 5. The Balaban J connectivity index is 1.41. The lowest BCUT2D eigenvalue weighted by atomic mass is 10.2. The van der Waals surface area contributed by atoms with E-state index >= 15 is 0 Å². The molecule has 0 amide bonds. The van der Waals surface area contributed by atoms with Crippen LogP contribution in [0.1, 0.15) is 11.1 Å². The summed E-state index contributed by atoms with van der Waals surface area (Å²) in [5.41, 5.74) is 2.99. The van der Waals surface area contributed by atoms with Crippen molar-refractivity contribution in [2.24, 2.45) is 0 Å². The van der Waals surface area contributed by atoms with Crippen molar-refractivity contribution in [2.45, 2.75) is 13.1 Å². The minimum atomic E-state index is -0.256. The Morgan fingerprint density at radius 3 is 2.59 bits per heavy atom. The van der Waals surface area contributed by atoms with Crippen LogP contribution in [-0.2, 0) is 13.1 Å². The standard InChI is InChI=1S/C20H19FN6/c1-25(20-7-2-16(10-23-20)13-26-9-8-22-15-26)12-17-11-24-27(14-17)19-5-3-18(21)4-6-19/h2-11,14-15H,12-13H2,1H3. The predicted octanol–water partition coefficient (Wildman–Crippen LogP) is 3.29. The second-order valence-corrected chi connectivity index (χ2v) is 6.39. The van der Waals surface area contributed by atoms with Crippen molar-refractivity contribution in [3.8, 4) is 5.69 Å². The van der Waals surface area contributed by atoms with Gasteiger partial charge in [0.2, 0.25) is 0 Å². The van der Waals surface area contributed by atoms with Gasteiger partial charge in [0.25, 0.3) is 0 Å². The van der Waals surface area contributed by atoms with Crippen LogP contribution < -0.4 is 4.90 Å². The maximum absolute atomic E-state index is 13.1. The minimum absolute atomic E-state index is 0.256. The van der Waals surface area contributed by atoms with E-state index in [1.807, 2.05) is 42.5 Å². The van der Waals surface area contributed by atoms with E-state index in [1.54, 1.807) is 29.3 Å². The van der Waals surface area contributed by atoms with Crippen molar-refractivity contribution in [1.29, 1.82) is 0 Å². The Hall–Kier alpha value is -3.48. The van der Waals surface area contributed by atoms with Crippen LogP contribution in [0.2, 0.25) is 0 Å². The van der Waals surface area contributed by atoms with Gasteiger partial charge in [-0.2, -0.15) is 5.10 Å². The molecule has 0 aliphatic heterocycles. The quantitative estimate of drug-likeness (QED) is 0.528. The number of hydrogen-bond donors (Lipinski definition) is 0. The number of nitrogens with zero attached hydrogens (tertiary/aromatic N) is 6. The molecule has 6 nitrogen and oxygen atoms in total. The first-order valence-corrected chi connectivity index (χ1v) is 8.59. The molecule has 0 aliphatic carbocycles. The van der Waals surface area contributed by atoms with Crippen molar-refractivity contribution in [3.63, 3.8) is 0 Å². The van der Waals surface area contributed by atoms with Crippen LogP contribution in [0, 0.1) is 5.82 Å². The third-order valence-corrected chi connectivity index (χ3v) is 4.27. The zero-order valence-corrected chi connectivity index (χ0v) is 14.9. The lowest BCUT2D eigenvalue weighted by molar-refractivity contribution is 0.627. The third-order valence-electron chi connectivity index (χ3n) is 4.27. The normalized spacial score (nSPS) is 10.9. The van der Waals surface area contributed by atoms with Gasteiger partial charge in [0.05, 0.1) is 18.2 Å². The second kappa shape index (κ2) is 7.41. The minimum Gasteiger partial charge on any atom is -0.355 e. The molecule has 0 N–H and O–H groups in total. The number of benzene rings is 1. The van der Waals surface area contributed by atoms with E-state index in [-0.39, 0.29) is 5.82 Å². The van der Waals surface area contributed by atoms with Crippen LogP contribution in [-0.4, -0.2) is 31.4 Å². The van der Waals surface area contributed by atoms with E-state index in [1.165, 1.54) is 12.1 Å². The molecule has 7 heteroatoms. The van der Waals surface area contributed by atoms with Crippen molar-refractivity contribution in [2.75, 3.05) is 11.9 Å². The molecular weight excluding hydrogens is 343 g/mol. The molecule has 4 aromatic rings. The highest BCUT2D eigenvalue weighted by Gasteiger charge is 2.07. The highest BCUT2D eigenvalue weighted by molar-refractivity contribution is 5.39. The fraction of sp³-hybridized carbons (Fsp3) is 0.150. The smallest absolute Gasteiger partial charge is 0.128 e. The summed E-state index contributed by atoms with van der Waals surface area (Å²) in [6, 6.07) is 10.3. The molecule has 0 fully saturated rings. The first kappa shape index (κ1) is 17.0. The van der Waals surface area contributed by atoms with Gasteiger partial charge in [-0.3, -0.25) is 0 Å². The topological polar surface area (TPSA) is 51.8 Å². The van der Waals surface area contributed by atoms with Gasteiger partial charge < -0.3 is 9.47 Å². The molecule has 0 bridgehead atoms. The summed E-state index contributed by atoms with van der Waals surface area (Å²) in [7, 11) is 1.99. The SMILES string of the molecule is CN(Cc1cnn(-c2ccc(F)cc2)c1)c1ccc(Cn2ccnc2)cn1.